The van der Waals surface area contributed by atoms with Crippen molar-refractivity contribution in [3.63, 3.8) is 0 Å². The van der Waals surface area contributed by atoms with Crippen LogP contribution in [-0.2, 0) is 4.74 Å². The maximum atomic E-state index is 5.88. The molecule has 0 unspecified atom stereocenters. The first kappa shape index (κ1) is 18.5. The van der Waals surface area contributed by atoms with Crippen molar-refractivity contribution in [2.75, 3.05) is 51.8 Å². The molecule has 0 radical (unpaired) electrons. The van der Waals surface area contributed by atoms with Crippen LogP contribution in [-0.4, -0.2) is 61.6 Å². The first-order valence-electron chi connectivity index (χ1n) is 9.69. The lowest BCUT2D eigenvalue weighted by Crippen LogP contribution is -2.38. The second-order valence-corrected chi connectivity index (χ2v) is 6.82. The lowest BCUT2D eigenvalue weighted by Gasteiger charge is -2.26. The van der Waals surface area contributed by atoms with E-state index in [1.54, 1.807) is 0 Å². The van der Waals surface area contributed by atoms with E-state index in [2.05, 4.69) is 50.7 Å². The van der Waals surface area contributed by atoms with Crippen LogP contribution in [0.25, 0.3) is 22.5 Å². The molecule has 6 nitrogen and oxygen atoms in total. The SMILES string of the molecule is CNc1ccc(-c2cc(-c3ccc(OCCN4CCOCC4)cc3)[nH]n2)cc1. The number of rotatable bonds is 7. The minimum atomic E-state index is 0.691. The quantitative estimate of drug-likeness (QED) is 0.659. The summed E-state index contributed by atoms with van der Waals surface area (Å²) in [7, 11) is 1.91. The Morgan fingerprint density at radius 1 is 1.04 bits per heavy atom. The molecule has 0 aliphatic carbocycles. The normalized spacial score (nSPS) is 14.8. The van der Waals surface area contributed by atoms with E-state index >= 15 is 0 Å². The zero-order valence-electron chi connectivity index (χ0n) is 16.1. The van der Waals surface area contributed by atoms with Crippen molar-refractivity contribution in [2.45, 2.75) is 0 Å². The van der Waals surface area contributed by atoms with Crippen molar-refractivity contribution in [2.24, 2.45) is 0 Å². The standard InChI is InChI=1S/C22H26N4O2/c1-23-19-6-2-17(3-7-19)21-16-22(25-24-21)18-4-8-20(9-5-18)28-15-12-26-10-13-27-14-11-26/h2-9,16,23H,10-15H2,1H3,(H,24,25). The number of H-pyrrole nitrogens is 1. The second-order valence-electron chi connectivity index (χ2n) is 6.82. The van der Waals surface area contributed by atoms with Crippen LogP contribution in [0.3, 0.4) is 0 Å². The minimum Gasteiger partial charge on any atom is -0.492 e. The molecular weight excluding hydrogens is 352 g/mol. The Balaban J connectivity index is 1.35. The fourth-order valence-electron chi connectivity index (χ4n) is 3.27. The summed E-state index contributed by atoms with van der Waals surface area (Å²) in [6, 6.07) is 18.4. The van der Waals surface area contributed by atoms with Crippen molar-refractivity contribution >= 4 is 5.69 Å². The zero-order valence-corrected chi connectivity index (χ0v) is 16.1. The summed E-state index contributed by atoms with van der Waals surface area (Å²) in [5.74, 6) is 0.888. The summed E-state index contributed by atoms with van der Waals surface area (Å²) in [6.07, 6.45) is 0. The molecule has 0 atom stereocenters. The fraction of sp³-hybridized carbons (Fsp3) is 0.318. The van der Waals surface area contributed by atoms with Crippen LogP contribution in [0, 0.1) is 0 Å². The molecule has 3 aromatic rings. The molecule has 0 spiro atoms. The molecule has 0 amide bonds. The van der Waals surface area contributed by atoms with Gasteiger partial charge < -0.3 is 14.8 Å². The van der Waals surface area contributed by atoms with E-state index in [0.717, 1.165) is 66.8 Å². The summed E-state index contributed by atoms with van der Waals surface area (Å²) in [5, 5.41) is 10.7. The fourth-order valence-corrected chi connectivity index (χ4v) is 3.27. The van der Waals surface area contributed by atoms with E-state index in [-0.39, 0.29) is 0 Å². The van der Waals surface area contributed by atoms with Gasteiger partial charge in [0.05, 0.1) is 24.6 Å². The molecule has 1 aliphatic heterocycles. The van der Waals surface area contributed by atoms with Crippen LogP contribution in [0.1, 0.15) is 0 Å². The van der Waals surface area contributed by atoms with E-state index in [9.17, 15) is 0 Å². The van der Waals surface area contributed by atoms with Crippen LogP contribution in [0.4, 0.5) is 5.69 Å². The Hall–Kier alpha value is -2.83. The van der Waals surface area contributed by atoms with Gasteiger partial charge >= 0.3 is 0 Å². The highest BCUT2D eigenvalue weighted by Crippen LogP contribution is 2.26. The lowest BCUT2D eigenvalue weighted by atomic mass is 10.1. The van der Waals surface area contributed by atoms with E-state index < -0.39 is 0 Å². The van der Waals surface area contributed by atoms with E-state index in [4.69, 9.17) is 9.47 Å². The Morgan fingerprint density at radius 3 is 2.46 bits per heavy atom. The number of benzene rings is 2. The molecule has 2 aromatic carbocycles. The Labute approximate surface area is 165 Å². The van der Waals surface area contributed by atoms with Crippen LogP contribution in [0.5, 0.6) is 5.75 Å². The summed E-state index contributed by atoms with van der Waals surface area (Å²) in [4.78, 5) is 2.37. The predicted octanol–water partition coefficient (Wildman–Crippen LogP) is 3.50. The molecule has 4 rings (SSSR count). The molecule has 0 saturated carbocycles. The summed E-state index contributed by atoms with van der Waals surface area (Å²) < 4.78 is 11.2. The van der Waals surface area contributed by atoms with E-state index in [1.165, 1.54) is 0 Å². The average Bonchev–Trinajstić information content (AvgIpc) is 3.25. The maximum Gasteiger partial charge on any atom is 0.119 e. The molecular formula is C22H26N4O2. The van der Waals surface area contributed by atoms with Crippen molar-refractivity contribution in [3.05, 3.63) is 54.6 Å². The number of aromatic nitrogens is 2. The number of morpholine rings is 1. The molecule has 0 bridgehead atoms. The van der Waals surface area contributed by atoms with Gasteiger partial charge in [0.15, 0.2) is 0 Å². The lowest BCUT2D eigenvalue weighted by molar-refractivity contribution is 0.0322. The number of anilines is 1. The Morgan fingerprint density at radius 2 is 1.75 bits per heavy atom. The number of nitrogens with zero attached hydrogens (tertiary/aromatic N) is 2. The van der Waals surface area contributed by atoms with Crippen LogP contribution >= 0.6 is 0 Å². The maximum absolute atomic E-state index is 5.88. The smallest absolute Gasteiger partial charge is 0.119 e. The number of aromatic amines is 1. The molecule has 1 fully saturated rings. The zero-order chi connectivity index (χ0) is 19.2. The number of nitrogens with one attached hydrogen (secondary N) is 2. The molecule has 1 aromatic heterocycles. The van der Waals surface area contributed by atoms with Crippen molar-refractivity contribution in [3.8, 4) is 28.3 Å². The second kappa shape index (κ2) is 8.91. The average molecular weight is 378 g/mol. The van der Waals surface area contributed by atoms with Gasteiger partial charge in [0.25, 0.3) is 0 Å². The van der Waals surface area contributed by atoms with Crippen molar-refractivity contribution < 1.29 is 9.47 Å². The van der Waals surface area contributed by atoms with Gasteiger partial charge in [-0.3, -0.25) is 10.00 Å². The summed E-state index contributed by atoms with van der Waals surface area (Å²) in [5.41, 5.74) is 5.19. The molecule has 1 saturated heterocycles. The van der Waals surface area contributed by atoms with Gasteiger partial charge in [-0.1, -0.05) is 12.1 Å². The van der Waals surface area contributed by atoms with Gasteiger partial charge in [-0.25, -0.2) is 0 Å². The highest BCUT2D eigenvalue weighted by molar-refractivity contribution is 5.69. The Bertz CT molecular complexity index is 868. The van der Waals surface area contributed by atoms with Gasteiger partial charge in [0.1, 0.15) is 12.4 Å². The summed E-state index contributed by atoms with van der Waals surface area (Å²) >= 11 is 0. The molecule has 2 N–H and O–H groups in total. The molecule has 28 heavy (non-hydrogen) atoms. The first-order chi connectivity index (χ1) is 13.8. The third kappa shape index (κ3) is 4.52. The van der Waals surface area contributed by atoms with Crippen LogP contribution in [0.2, 0.25) is 0 Å². The van der Waals surface area contributed by atoms with Gasteiger partial charge in [0, 0.05) is 37.9 Å². The Kier molecular flexibility index (Phi) is 5.89. The first-order valence-corrected chi connectivity index (χ1v) is 9.69. The molecule has 6 heteroatoms. The van der Waals surface area contributed by atoms with Gasteiger partial charge in [-0.15, -0.1) is 0 Å². The highest BCUT2D eigenvalue weighted by Gasteiger charge is 2.10. The number of hydrogen-bond donors (Lipinski definition) is 2. The number of hydrogen-bond acceptors (Lipinski definition) is 5. The van der Waals surface area contributed by atoms with E-state index in [1.807, 2.05) is 31.3 Å². The predicted molar refractivity (Wildman–Crippen MR) is 112 cm³/mol. The molecule has 2 heterocycles. The molecule has 146 valence electrons. The van der Waals surface area contributed by atoms with Gasteiger partial charge in [-0.2, -0.15) is 5.10 Å². The third-order valence-corrected chi connectivity index (χ3v) is 4.99. The largest absolute Gasteiger partial charge is 0.492 e. The van der Waals surface area contributed by atoms with Gasteiger partial charge in [-0.05, 0) is 48.0 Å². The number of ether oxygens (including phenoxy) is 2. The van der Waals surface area contributed by atoms with E-state index in [0.29, 0.717) is 6.61 Å². The third-order valence-electron chi connectivity index (χ3n) is 4.99. The monoisotopic (exact) mass is 378 g/mol. The topological polar surface area (TPSA) is 62.4 Å². The van der Waals surface area contributed by atoms with Crippen molar-refractivity contribution in [1.82, 2.24) is 15.1 Å². The van der Waals surface area contributed by atoms with Crippen LogP contribution < -0.4 is 10.1 Å². The minimum absolute atomic E-state index is 0.691. The highest BCUT2D eigenvalue weighted by atomic mass is 16.5. The van der Waals surface area contributed by atoms with Crippen LogP contribution in [0.15, 0.2) is 54.6 Å². The van der Waals surface area contributed by atoms with Gasteiger partial charge in [0.2, 0.25) is 0 Å². The summed E-state index contributed by atoms with van der Waals surface area (Å²) in [6.45, 7) is 5.24. The van der Waals surface area contributed by atoms with Crippen molar-refractivity contribution in [1.29, 1.82) is 0 Å². The molecule has 1 aliphatic rings.